The van der Waals surface area contributed by atoms with Crippen molar-refractivity contribution in [3.05, 3.63) is 24.3 Å². The summed E-state index contributed by atoms with van der Waals surface area (Å²) < 4.78 is 39.8. The molecule has 0 amide bonds. The van der Waals surface area contributed by atoms with Crippen molar-refractivity contribution in [1.82, 2.24) is 4.90 Å². The summed E-state index contributed by atoms with van der Waals surface area (Å²) >= 11 is 0. The number of anilines is 1. The van der Waals surface area contributed by atoms with Crippen LogP contribution in [0.4, 0.5) is 18.9 Å². The van der Waals surface area contributed by atoms with E-state index in [1.807, 2.05) is 0 Å². The molecular formula is C14H19F3N2O2. The van der Waals surface area contributed by atoms with E-state index in [1.54, 1.807) is 0 Å². The number of benzene rings is 1. The number of ether oxygens (including phenoxy) is 1. The lowest BCUT2D eigenvalue weighted by atomic mass is 10.2. The lowest BCUT2D eigenvalue weighted by Gasteiger charge is -2.20. The van der Waals surface area contributed by atoms with Crippen LogP contribution >= 0.6 is 0 Å². The maximum atomic E-state index is 12.0. The SMILES string of the molecule is OC(CNc1ccc(OC(F)(F)F)cc1)CN1CCCC1. The Morgan fingerprint density at radius 1 is 1.19 bits per heavy atom. The number of nitrogens with one attached hydrogen (secondary N) is 1. The number of nitrogens with zero attached hydrogens (tertiary/aromatic N) is 1. The summed E-state index contributed by atoms with van der Waals surface area (Å²) in [7, 11) is 0. The zero-order chi connectivity index (χ0) is 15.3. The number of alkyl halides is 3. The molecule has 0 saturated carbocycles. The van der Waals surface area contributed by atoms with Crippen molar-refractivity contribution in [1.29, 1.82) is 0 Å². The number of β-amino-alcohol motifs (C(OH)–C–C–N with tert-alkyl or cyclic N) is 1. The fourth-order valence-electron chi connectivity index (χ4n) is 2.34. The van der Waals surface area contributed by atoms with Gasteiger partial charge in [0.05, 0.1) is 6.10 Å². The zero-order valence-corrected chi connectivity index (χ0v) is 11.6. The van der Waals surface area contributed by atoms with Gasteiger partial charge < -0.3 is 20.1 Å². The summed E-state index contributed by atoms with van der Waals surface area (Å²) in [6.07, 6.45) is -2.85. The van der Waals surface area contributed by atoms with Gasteiger partial charge in [-0.25, -0.2) is 0 Å². The predicted molar refractivity (Wildman–Crippen MR) is 73.3 cm³/mol. The van der Waals surface area contributed by atoms with Crippen molar-refractivity contribution in [2.45, 2.75) is 25.3 Å². The van der Waals surface area contributed by atoms with Crippen molar-refractivity contribution in [3.8, 4) is 5.75 Å². The molecule has 1 saturated heterocycles. The van der Waals surface area contributed by atoms with Gasteiger partial charge in [-0.15, -0.1) is 13.2 Å². The lowest BCUT2D eigenvalue weighted by molar-refractivity contribution is -0.274. The third-order valence-electron chi connectivity index (χ3n) is 3.30. The van der Waals surface area contributed by atoms with Crippen molar-refractivity contribution in [2.24, 2.45) is 0 Å². The predicted octanol–water partition coefficient (Wildman–Crippen LogP) is 2.45. The second kappa shape index (κ2) is 7.00. The largest absolute Gasteiger partial charge is 0.573 e. The second-order valence-corrected chi connectivity index (χ2v) is 5.11. The van der Waals surface area contributed by atoms with E-state index in [1.165, 1.54) is 37.1 Å². The number of hydrogen-bond donors (Lipinski definition) is 2. The monoisotopic (exact) mass is 304 g/mol. The Kier molecular flexibility index (Phi) is 5.30. The van der Waals surface area contributed by atoms with E-state index < -0.39 is 12.5 Å². The molecule has 1 aliphatic heterocycles. The Balaban J connectivity index is 1.75. The van der Waals surface area contributed by atoms with Gasteiger partial charge in [0.25, 0.3) is 0 Å². The molecule has 0 spiro atoms. The summed E-state index contributed by atoms with van der Waals surface area (Å²) in [6, 6.07) is 5.46. The Hall–Kier alpha value is -1.47. The standard InChI is InChI=1S/C14H19F3N2O2/c15-14(16,17)21-13-5-3-11(4-6-13)18-9-12(20)10-19-7-1-2-8-19/h3-6,12,18,20H,1-2,7-10H2. The number of rotatable bonds is 6. The van der Waals surface area contributed by atoms with Gasteiger partial charge in [0.1, 0.15) is 5.75 Å². The topological polar surface area (TPSA) is 44.7 Å². The highest BCUT2D eigenvalue weighted by molar-refractivity contribution is 5.46. The molecule has 2 N–H and O–H groups in total. The lowest BCUT2D eigenvalue weighted by Crippen LogP contribution is -2.34. The molecular weight excluding hydrogens is 285 g/mol. The zero-order valence-electron chi connectivity index (χ0n) is 11.6. The van der Waals surface area contributed by atoms with Crippen molar-refractivity contribution in [2.75, 3.05) is 31.5 Å². The number of halogens is 3. The number of aliphatic hydroxyl groups is 1. The van der Waals surface area contributed by atoms with Crippen molar-refractivity contribution in [3.63, 3.8) is 0 Å². The second-order valence-electron chi connectivity index (χ2n) is 5.11. The highest BCUT2D eigenvalue weighted by atomic mass is 19.4. The van der Waals surface area contributed by atoms with E-state index in [0.29, 0.717) is 18.8 Å². The summed E-state index contributed by atoms with van der Waals surface area (Å²) in [6.45, 7) is 3.00. The minimum Gasteiger partial charge on any atom is -0.406 e. The number of likely N-dealkylation sites (tertiary alicyclic amines) is 1. The van der Waals surface area contributed by atoms with E-state index in [0.717, 1.165) is 13.1 Å². The molecule has 1 unspecified atom stereocenters. The average molecular weight is 304 g/mol. The van der Waals surface area contributed by atoms with Gasteiger partial charge in [-0.1, -0.05) is 0 Å². The van der Waals surface area contributed by atoms with Gasteiger partial charge in [-0.05, 0) is 50.2 Å². The Morgan fingerprint density at radius 3 is 2.38 bits per heavy atom. The Bertz CT molecular complexity index is 431. The molecule has 0 radical (unpaired) electrons. The Labute approximate surface area is 121 Å². The molecule has 1 aliphatic rings. The van der Waals surface area contributed by atoms with Gasteiger partial charge >= 0.3 is 6.36 Å². The van der Waals surface area contributed by atoms with Crippen LogP contribution < -0.4 is 10.1 Å². The maximum Gasteiger partial charge on any atom is 0.573 e. The third kappa shape index (κ3) is 5.81. The number of aliphatic hydroxyl groups excluding tert-OH is 1. The number of hydrogen-bond acceptors (Lipinski definition) is 4. The average Bonchev–Trinajstić information content (AvgIpc) is 2.89. The first-order chi connectivity index (χ1) is 9.92. The van der Waals surface area contributed by atoms with E-state index in [-0.39, 0.29) is 5.75 Å². The molecule has 0 aliphatic carbocycles. The fraction of sp³-hybridized carbons (Fsp3) is 0.571. The molecule has 118 valence electrons. The van der Waals surface area contributed by atoms with Gasteiger partial charge in [-0.2, -0.15) is 0 Å². The van der Waals surface area contributed by atoms with Crippen LogP contribution in [0.3, 0.4) is 0 Å². The van der Waals surface area contributed by atoms with Crippen LogP contribution in [0.1, 0.15) is 12.8 Å². The smallest absolute Gasteiger partial charge is 0.406 e. The molecule has 1 aromatic carbocycles. The van der Waals surface area contributed by atoms with Crippen LogP contribution in [-0.2, 0) is 0 Å². The molecule has 21 heavy (non-hydrogen) atoms. The summed E-state index contributed by atoms with van der Waals surface area (Å²) in [5, 5.41) is 12.9. The molecule has 2 rings (SSSR count). The van der Waals surface area contributed by atoms with E-state index in [9.17, 15) is 18.3 Å². The molecule has 1 fully saturated rings. The maximum absolute atomic E-state index is 12.0. The summed E-state index contributed by atoms with van der Waals surface area (Å²) in [5.74, 6) is -0.259. The van der Waals surface area contributed by atoms with Crippen LogP contribution in [-0.4, -0.2) is 48.7 Å². The first-order valence-corrected chi connectivity index (χ1v) is 6.92. The first-order valence-electron chi connectivity index (χ1n) is 6.92. The molecule has 0 bridgehead atoms. The molecule has 1 aromatic rings. The molecule has 0 aromatic heterocycles. The van der Waals surface area contributed by atoms with Crippen molar-refractivity contribution >= 4 is 5.69 Å². The van der Waals surface area contributed by atoms with E-state index in [2.05, 4.69) is 15.0 Å². The van der Waals surface area contributed by atoms with Crippen molar-refractivity contribution < 1.29 is 23.0 Å². The third-order valence-corrected chi connectivity index (χ3v) is 3.30. The normalized spacial score (nSPS) is 17.7. The summed E-state index contributed by atoms with van der Waals surface area (Å²) in [4.78, 5) is 2.20. The summed E-state index contributed by atoms with van der Waals surface area (Å²) in [5.41, 5.74) is 0.644. The molecule has 1 atom stereocenters. The minimum absolute atomic E-state index is 0.259. The fourth-order valence-corrected chi connectivity index (χ4v) is 2.34. The minimum atomic E-state index is -4.68. The Morgan fingerprint density at radius 2 is 1.81 bits per heavy atom. The molecule has 4 nitrogen and oxygen atoms in total. The quantitative estimate of drug-likeness (QED) is 0.847. The highest BCUT2D eigenvalue weighted by Gasteiger charge is 2.30. The van der Waals surface area contributed by atoms with Crippen LogP contribution in [0.2, 0.25) is 0 Å². The first kappa shape index (κ1) is 15.9. The van der Waals surface area contributed by atoms with Gasteiger partial charge in [0.2, 0.25) is 0 Å². The molecule has 1 heterocycles. The van der Waals surface area contributed by atoms with E-state index in [4.69, 9.17) is 0 Å². The van der Waals surface area contributed by atoms with Crippen LogP contribution in [0, 0.1) is 0 Å². The van der Waals surface area contributed by atoms with Gasteiger partial charge in [0.15, 0.2) is 0 Å². The van der Waals surface area contributed by atoms with Crippen LogP contribution in [0.25, 0.3) is 0 Å². The van der Waals surface area contributed by atoms with E-state index >= 15 is 0 Å². The van der Waals surface area contributed by atoms with Gasteiger partial charge in [0, 0.05) is 18.8 Å². The van der Waals surface area contributed by atoms with Gasteiger partial charge in [-0.3, -0.25) is 0 Å². The van der Waals surface area contributed by atoms with Crippen LogP contribution in [0.5, 0.6) is 5.75 Å². The molecule has 7 heteroatoms. The highest BCUT2D eigenvalue weighted by Crippen LogP contribution is 2.23. The van der Waals surface area contributed by atoms with Crippen LogP contribution in [0.15, 0.2) is 24.3 Å².